The molecular weight excluding hydrogens is 248 g/mol. The van der Waals surface area contributed by atoms with Gasteiger partial charge in [0.25, 0.3) is 10.1 Å². The average molecular weight is 259 g/mol. The standard InChI is InChI=1S/C6H11BrO4S/c1-12(8,9)11-5-6(2-7)3-10-4-6/h2-5H2,1H3. The minimum absolute atomic E-state index is 0.136. The highest BCUT2D eigenvalue weighted by molar-refractivity contribution is 9.09. The third kappa shape index (κ3) is 2.69. The van der Waals surface area contributed by atoms with E-state index in [4.69, 9.17) is 4.74 Å². The van der Waals surface area contributed by atoms with Crippen LogP contribution in [-0.2, 0) is 19.0 Å². The van der Waals surface area contributed by atoms with Crippen LogP contribution in [0.3, 0.4) is 0 Å². The molecule has 1 saturated heterocycles. The van der Waals surface area contributed by atoms with Crippen LogP contribution in [-0.4, -0.2) is 39.8 Å². The maximum absolute atomic E-state index is 10.7. The molecule has 0 aromatic rings. The summed E-state index contributed by atoms with van der Waals surface area (Å²) in [6.45, 7) is 1.33. The predicted molar refractivity (Wildman–Crippen MR) is 47.8 cm³/mol. The van der Waals surface area contributed by atoms with Gasteiger partial charge < -0.3 is 4.74 Å². The molecule has 0 N–H and O–H groups in total. The van der Waals surface area contributed by atoms with E-state index >= 15 is 0 Å². The predicted octanol–water partition coefficient (Wildman–Crippen LogP) is 0.374. The number of halogens is 1. The molecule has 1 aliphatic heterocycles. The van der Waals surface area contributed by atoms with Gasteiger partial charge in [0.05, 0.1) is 31.5 Å². The highest BCUT2D eigenvalue weighted by atomic mass is 79.9. The van der Waals surface area contributed by atoms with Crippen molar-refractivity contribution in [2.75, 3.05) is 31.4 Å². The zero-order chi connectivity index (χ0) is 9.24. The van der Waals surface area contributed by atoms with Gasteiger partial charge >= 0.3 is 0 Å². The number of rotatable bonds is 4. The topological polar surface area (TPSA) is 52.6 Å². The Labute approximate surface area is 80.5 Å². The van der Waals surface area contributed by atoms with Crippen molar-refractivity contribution in [3.63, 3.8) is 0 Å². The van der Waals surface area contributed by atoms with Gasteiger partial charge in [0.2, 0.25) is 0 Å². The van der Waals surface area contributed by atoms with Crippen LogP contribution in [0, 0.1) is 5.41 Å². The fourth-order valence-electron chi connectivity index (χ4n) is 0.822. The maximum Gasteiger partial charge on any atom is 0.264 e. The molecule has 72 valence electrons. The van der Waals surface area contributed by atoms with E-state index in [1.807, 2.05) is 0 Å². The zero-order valence-electron chi connectivity index (χ0n) is 6.75. The summed E-state index contributed by atoms with van der Waals surface area (Å²) in [6.07, 6.45) is 1.05. The van der Waals surface area contributed by atoms with E-state index in [2.05, 4.69) is 20.1 Å². The molecule has 0 spiro atoms. The summed E-state index contributed by atoms with van der Waals surface area (Å²) >= 11 is 3.30. The second-order valence-electron chi connectivity index (χ2n) is 3.09. The van der Waals surface area contributed by atoms with Crippen molar-refractivity contribution in [2.45, 2.75) is 0 Å². The molecule has 4 nitrogen and oxygen atoms in total. The van der Waals surface area contributed by atoms with Gasteiger partial charge in [0, 0.05) is 5.33 Å². The Morgan fingerprint density at radius 1 is 1.58 bits per heavy atom. The van der Waals surface area contributed by atoms with Gasteiger partial charge in [-0.25, -0.2) is 0 Å². The Morgan fingerprint density at radius 3 is 2.42 bits per heavy atom. The van der Waals surface area contributed by atoms with Crippen LogP contribution in [0.5, 0.6) is 0 Å². The van der Waals surface area contributed by atoms with Crippen LogP contribution < -0.4 is 0 Å². The molecule has 1 rings (SSSR count). The first-order valence-corrected chi connectivity index (χ1v) is 6.39. The van der Waals surface area contributed by atoms with E-state index in [1.54, 1.807) is 0 Å². The van der Waals surface area contributed by atoms with Crippen molar-refractivity contribution in [3.8, 4) is 0 Å². The first-order chi connectivity index (χ1) is 5.47. The maximum atomic E-state index is 10.7. The molecule has 1 fully saturated rings. The SMILES string of the molecule is CS(=O)(=O)OCC1(CBr)COC1. The number of hydrogen-bond donors (Lipinski definition) is 0. The van der Waals surface area contributed by atoms with Gasteiger partial charge in [-0.1, -0.05) is 15.9 Å². The summed E-state index contributed by atoms with van der Waals surface area (Å²) in [7, 11) is -3.32. The minimum atomic E-state index is -3.32. The summed E-state index contributed by atoms with van der Waals surface area (Å²) in [6, 6.07) is 0. The monoisotopic (exact) mass is 258 g/mol. The Bertz CT molecular complexity index is 239. The largest absolute Gasteiger partial charge is 0.380 e. The van der Waals surface area contributed by atoms with E-state index in [1.165, 1.54) is 0 Å². The molecule has 0 unspecified atom stereocenters. The molecule has 0 aliphatic carbocycles. The number of hydrogen-bond acceptors (Lipinski definition) is 4. The van der Waals surface area contributed by atoms with Crippen LogP contribution in [0.4, 0.5) is 0 Å². The summed E-state index contributed by atoms with van der Waals surface area (Å²) < 4.78 is 31.0. The Morgan fingerprint density at radius 2 is 2.17 bits per heavy atom. The van der Waals surface area contributed by atoms with Crippen LogP contribution >= 0.6 is 15.9 Å². The van der Waals surface area contributed by atoms with Crippen LogP contribution in [0.25, 0.3) is 0 Å². The third-order valence-electron chi connectivity index (χ3n) is 1.68. The van der Waals surface area contributed by atoms with Gasteiger partial charge in [-0.05, 0) is 0 Å². The highest BCUT2D eigenvalue weighted by Gasteiger charge is 2.38. The molecule has 0 radical (unpaired) electrons. The van der Waals surface area contributed by atoms with Crippen LogP contribution in [0.15, 0.2) is 0 Å². The molecule has 0 aromatic heterocycles. The second-order valence-corrected chi connectivity index (χ2v) is 5.30. The first-order valence-electron chi connectivity index (χ1n) is 3.46. The van der Waals surface area contributed by atoms with E-state index in [9.17, 15) is 8.42 Å². The van der Waals surface area contributed by atoms with Crippen LogP contribution in [0.1, 0.15) is 0 Å². The molecule has 12 heavy (non-hydrogen) atoms. The average Bonchev–Trinajstić information content (AvgIpc) is 1.84. The van der Waals surface area contributed by atoms with Gasteiger partial charge in [-0.2, -0.15) is 8.42 Å². The Hall–Kier alpha value is 0.350. The molecule has 1 heterocycles. The third-order valence-corrected chi connectivity index (χ3v) is 3.41. The van der Waals surface area contributed by atoms with Crippen LogP contribution in [0.2, 0.25) is 0 Å². The van der Waals surface area contributed by atoms with Gasteiger partial charge in [-0.15, -0.1) is 0 Å². The highest BCUT2D eigenvalue weighted by Crippen LogP contribution is 2.30. The molecule has 0 amide bonds. The number of alkyl halides is 1. The molecule has 1 aliphatic rings. The summed E-state index contributed by atoms with van der Waals surface area (Å²) in [5, 5.41) is 0.704. The molecule has 0 aromatic carbocycles. The number of ether oxygens (including phenoxy) is 1. The van der Waals surface area contributed by atoms with E-state index in [0.29, 0.717) is 18.5 Å². The normalized spacial score (nSPS) is 21.8. The lowest BCUT2D eigenvalue weighted by atomic mass is 9.90. The molecule has 0 atom stereocenters. The smallest absolute Gasteiger partial charge is 0.264 e. The van der Waals surface area contributed by atoms with E-state index in [-0.39, 0.29) is 12.0 Å². The minimum Gasteiger partial charge on any atom is -0.380 e. The van der Waals surface area contributed by atoms with Crippen molar-refractivity contribution in [2.24, 2.45) is 5.41 Å². The molecular formula is C6H11BrO4S. The van der Waals surface area contributed by atoms with E-state index < -0.39 is 10.1 Å². The van der Waals surface area contributed by atoms with Gasteiger partial charge in [0.15, 0.2) is 0 Å². The Kier molecular flexibility index (Phi) is 3.14. The van der Waals surface area contributed by atoms with Gasteiger partial charge in [0.1, 0.15) is 0 Å². The fourth-order valence-corrected chi connectivity index (χ4v) is 1.77. The Balaban J connectivity index is 2.40. The lowest BCUT2D eigenvalue weighted by Gasteiger charge is -2.39. The van der Waals surface area contributed by atoms with Gasteiger partial charge in [-0.3, -0.25) is 4.18 Å². The second kappa shape index (κ2) is 3.61. The quantitative estimate of drug-likeness (QED) is 0.541. The van der Waals surface area contributed by atoms with Crippen molar-refractivity contribution in [3.05, 3.63) is 0 Å². The summed E-state index contributed by atoms with van der Waals surface area (Å²) in [5.74, 6) is 0. The lowest BCUT2D eigenvalue weighted by Crippen LogP contribution is -2.48. The molecule has 0 bridgehead atoms. The fraction of sp³-hybridized carbons (Fsp3) is 1.00. The lowest BCUT2D eigenvalue weighted by molar-refractivity contribution is -0.115. The first kappa shape index (κ1) is 10.4. The van der Waals surface area contributed by atoms with Crippen molar-refractivity contribution in [1.29, 1.82) is 0 Å². The summed E-state index contributed by atoms with van der Waals surface area (Å²) in [5.41, 5.74) is -0.136. The summed E-state index contributed by atoms with van der Waals surface area (Å²) in [4.78, 5) is 0. The van der Waals surface area contributed by atoms with Crippen molar-refractivity contribution < 1.29 is 17.3 Å². The van der Waals surface area contributed by atoms with Crippen molar-refractivity contribution >= 4 is 26.0 Å². The van der Waals surface area contributed by atoms with Crippen molar-refractivity contribution in [1.82, 2.24) is 0 Å². The molecule has 6 heteroatoms. The molecule has 0 saturated carbocycles. The van der Waals surface area contributed by atoms with E-state index in [0.717, 1.165) is 6.26 Å². The zero-order valence-corrected chi connectivity index (χ0v) is 9.15.